The monoisotopic (exact) mass is 422 g/mol. The molecule has 1 aliphatic rings. The van der Waals surface area contributed by atoms with Gasteiger partial charge in [-0.05, 0) is 33.1 Å². The van der Waals surface area contributed by atoms with Gasteiger partial charge in [0.2, 0.25) is 0 Å². The van der Waals surface area contributed by atoms with Crippen molar-refractivity contribution in [2.24, 2.45) is 11.8 Å². The van der Waals surface area contributed by atoms with E-state index in [1.54, 1.807) is 24.3 Å². The number of hydrogen-bond acceptors (Lipinski definition) is 5. The second kappa shape index (κ2) is 13.3. The van der Waals surface area contributed by atoms with Crippen molar-refractivity contribution in [2.45, 2.75) is 64.1 Å². The number of ether oxygens (including phenoxy) is 1. The molecule has 5 nitrogen and oxygen atoms in total. The SMILES string of the molecule is COC(=O)CC/C=C\CC[C@H]1C(=O)C[C@@H](O)[C@@H]1/C=C/C[C@@](O)(/C=C/C=C(C)C)CF. The first-order chi connectivity index (χ1) is 14.2. The summed E-state index contributed by atoms with van der Waals surface area (Å²) in [6, 6.07) is 0. The molecular weight excluding hydrogens is 387 g/mol. The summed E-state index contributed by atoms with van der Waals surface area (Å²) in [5.74, 6) is -0.889. The summed E-state index contributed by atoms with van der Waals surface area (Å²) in [7, 11) is 1.35. The average Bonchev–Trinajstić information content (AvgIpc) is 2.96. The first-order valence-corrected chi connectivity index (χ1v) is 10.4. The van der Waals surface area contributed by atoms with E-state index in [9.17, 15) is 24.2 Å². The van der Waals surface area contributed by atoms with E-state index in [-0.39, 0.29) is 36.4 Å². The zero-order chi connectivity index (χ0) is 22.6. The molecule has 30 heavy (non-hydrogen) atoms. The zero-order valence-corrected chi connectivity index (χ0v) is 18.2. The maximum atomic E-state index is 13.3. The highest BCUT2D eigenvalue weighted by Crippen LogP contribution is 2.34. The van der Waals surface area contributed by atoms with Crippen LogP contribution in [0.4, 0.5) is 4.39 Å². The predicted octanol–water partition coefficient (Wildman–Crippen LogP) is 4.01. The van der Waals surface area contributed by atoms with E-state index in [1.807, 2.05) is 26.0 Å². The maximum Gasteiger partial charge on any atom is 0.305 e. The van der Waals surface area contributed by atoms with Crippen LogP contribution in [0.5, 0.6) is 0 Å². The second-order valence-corrected chi connectivity index (χ2v) is 8.06. The third-order valence-electron chi connectivity index (χ3n) is 5.18. The Morgan fingerprint density at radius 2 is 1.97 bits per heavy atom. The number of aliphatic hydroxyl groups excluding tert-OH is 1. The van der Waals surface area contributed by atoms with E-state index in [4.69, 9.17) is 0 Å². The van der Waals surface area contributed by atoms with Gasteiger partial charge in [-0.3, -0.25) is 9.59 Å². The predicted molar refractivity (Wildman–Crippen MR) is 115 cm³/mol. The van der Waals surface area contributed by atoms with Crippen molar-refractivity contribution in [3.8, 4) is 0 Å². The largest absolute Gasteiger partial charge is 0.469 e. The molecule has 1 fully saturated rings. The lowest BCUT2D eigenvalue weighted by atomic mass is 9.88. The Labute approximate surface area is 179 Å². The van der Waals surface area contributed by atoms with E-state index in [0.29, 0.717) is 25.7 Å². The number of halogens is 1. The molecule has 0 saturated heterocycles. The van der Waals surface area contributed by atoms with Crippen LogP contribution in [0.25, 0.3) is 0 Å². The van der Waals surface area contributed by atoms with Gasteiger partial charge >= 0.3 is 5.97 Å². The van der Waals surface area contributed by atoms with E-state index >= 15 is 0 Å². The molecule has 0 aromatic heterocycles. The van der Waals surface area contributed by atoms with Gasteiger partial charge < -0.3 is 14.9 Å². The molecule has 0 aliphatic heterocycles. The minimum absolute atomic E-state index is 0.0179. The fourth-order valence-electron chi connectivity index (χ4n) is 3.42. The van der Waals surface area contributed by atoms with E-state index < -0.39 is 18.4 Å². The average molecular weight is 423 g/mol. The van der Waals surface area contributed by atoms with Gasteiger partial charge in [0.1, 0.15) is 18.1 Å². The Morgan fingerprint density at radius 3 is 2.60 bits per heavy atom. The third-order valence-corrected chi connectivity index (χ3v) is 5.18. The number of carbonyl (C=O) groups is 2. The lowest BCUT2D eigenvalue weighted by Crippen LogP contribution is -2.28. The molecule has 0 unspecified atom stereocenters. The lowest BCUT2D eigenvalue weighted by molar-refractivity contribution is -0.140. The maximum absolute atomic E-state index is 13.3. The van der Waals surface area contributed by atoms with Gasteiger partial charge in [0.05, 0.1) is 13.2 Å². The summed E-state index contributed by atoms with van der Waals surface area (Å²) in [5.41, 5.74) is -0.564. The Morgan fingerprint density at radius 1 is 1.27 bits per heavy atom. The standard InChI is InChI=1S/C24H35FO5/c1-18(2)10-8-14-24(29,17-25)15-9-12-20-19(21(26)16-22(20)27)11-6-4-5-7-13-23(28)30-3/h4-5,8-10,12,14,19-20,22,27,29H,6-7,11,13,15-17H2,1-3H3/b5-4-,12-9+,14-8+/t19-,20-,22-,24+/m1/s1. The summed E-state index contributed by atoms with van der Waals surface area (Å²) in [4.78, 5) is 23.3. The molecule has 1 aliphatic carbocycles. The Bertz CT molecular complexity index is 675. The van der Waals surface area contributed by atoms with Gasteiger partial charge in [-0.15, -0.1) is 0 Å². The van der Waals surface area contributed by atoms with Crippen LogP contribution in [0.1, 0.15) is 52.4 Å². The van der Waals surface area contributed by atoms with Crippen LogP contribution in [-0.4, -0.2) is 47.5 Å². The van der Waals surface area contributed by atoms with Crippen LogP contribution in [0.15, 0.2) is 48.1 Å². The summed E-state index contributed by atoms with van der Waals surface area (Å²) in [6.45, 7) is 2.90. The summed E-state index contributed by atoms with van der Waals surface area (Å²) in [6.07, 6.45) is 13.6. The molecule has 1 rings (SSSR count). The highest BCUT2D eigenvalue weighted by Gasteiger charge is 2.39. The molecule has 168 valence electrons. The second-order valence-electron chi connectivity index (χ2n) is 8.06. The van der Waals surface area contributed by atoms with Crippen molar-refractivity contribution in [3.63, 3.8) is 0 Å². The Hall–Kier alpha value is -2.05. The highest BCUT2D eigenvalue weighted by atomic mass is 19.1. The first-order valence-electron chi connectivity index (χ1n) is 10.4. The highest BCUT2D eigenvalue weighted by molar-refractivity contribution is 5.84. The number of ketones is 1. The molecule has 2 N–H and O–H groups in total. The van der Waals surface area contributed by atoms with Crippen molar-refractivity contribution in [1.82, 2.24) is 0 Å². The topological polar surface area (TPSA) is 83.8 Å². The molecule has 1 saturated carbocycles. The van der Waals surface area contributed by atoms with E-state index in [0.717, 1.165) is 5.57 Å². The number of esters is 1. The normalized spacial score (nSPS) is 24.1. The number of methoxy groups -OCH3 is 1. The lowest BCUT2D eigenvalue weighted by Gasteiger charge is -2.20. The molecule has 0 radical (unpaired) electrons. The number of rotatable bonds is 12. The van der Waals surface area contributed by atoms with Crippen LogP contribution in [0.2, 0.25) is 0 Å². The van der Waals surface area contributed by atoms with Crippen molar-refractivity contribution < 1.29 is 28.9 Å². The smallest absolute Gasteiger partial charge is 0.305 e. The first kappa shape index (κ1) is 26.0. The third kappa shape index (κ3) is 9.18. The zero-order valence-electron chi connectivity index (χ0n) is 18.2. The van der Waals surface area contributed by atoms with Gasteiger partial charge in [-0.2, -0.15) is 0 Å². The quantitative estimate of drug-likeness (QED) is 0.282. The van der Waals surface area contributed by atoms with Crippen LogP contribution in [-0.2, 0) is 14.3 Å². The minimum atomic E-state index is -1.60. The van der Waals surface area contributed by atoms with Gasteiger partial charge in [0.15, 0.2) is 0 Å². The number of alkyl halides is 1. The minimum Gasteiger partial charge on any atom is -0.469 e. The van der Waals surface area contributed by atoms with Crippen molar-refractivity contribution >= 4 is 11.8 Å². The summed E-state index contributed by atoms with van der Waals surface area (Å²) < 4.78 is 17.9. The molecule has 0 bridgehead atoms. The molecule has 4 atom stereocenters. The fourth-order valence-corrected chi connectivity index (χ4v) is 3.42. The van der Waals surface area contributed by atoms with Crippen LogP contribution in [0, 0.1) is 11.8 Å². The number of allylic oxidation sites excluding steroid dienone is 5. The molecule has 0 spiro atoms. The molecule has 0 heterocycles. The summed E-state index contributed by atoms with van der Waals surface area (Å²) in [5, 5.41) is 20.6. The van der Waals surface area contributed by atoms with Crippen LogP contribution < -0.4 is 0 Å². The summed E-state index contributed by atoms with van der Waals surface area (Å²) >= 11 is 0. The molecular formula is C24H35FO5. The van der Waals surface area contributed by atoms with E-state index in [1.165, 1.54) is 13.2 Å². The molecule has 6 heteroatoms. The van der Waals surface area contributed by atoms with Crippen molar-refractivity contribution in [2.75, 3.05) is 13.8 Å². The van der Waals surface area contributed by atoms with Gasteiger partial charge in [-0.25, -0.2) is 4.39 Å². The Kier molecular flexibility index (Phi) is 11.5. The molecule has 0 aromatic carbocycles. The van der Waals surface area contributed by atoms with Gasteiger partial charge in [0, 0.05) is 31.1 Å². The number of hydrogen-bond donors (Lipinski definition) is 2. The van der Waals surface area contributed by atoms with Crippen LogP contribution >= 0.6 is 0 Å². The molecule has 0 aromatic rings. The van der Waals surface area contributed by atoms with Gasteiger partial charge in [0.25, 0.3) is 0 Å². The van der Waals surface area contributed by atoms with Crippen molar-refractivity contribution in [1.29, 1.82) is 0 Å². The van der Waals surface area contributed by atoms with Gasteiger partial charge in [-0.1, -0.05) is 48.1 Å². The number of Topliss-reactive ketones (excluding diaryl/α,β-unsaturated/α-hetero) is 1. The molecule has 0 amide bonds. The number of aliphatic hydroxyl groups is 2. The van der Waals surface area contributed by atoms with Crippen molar-refractivity contribution in [3.05, 3.63) is 48.1 Å². The fraction of sp³-hybridized carbons (Fsp3) is 0.583. The van der Waals surface area contributed by atoms with E-state index in [2.05, 4.69) is 4.74 Å². The number of carbonyl (C=O) groups excluding carboxylic acids is 2. The van der Waals surface area contributed by atoms with Crippen LogP contribution in [0.3, 0.4) is 0 Å². The Balaban J connectivity index is 2.63.